The molecule has 3 rings (SSSR count). The van der Waals surface area contributed by atoms with Crippen molar-refractivity contribution in [3.63, 3.8) is 0 Å². The first-order chi connectivity index (χ1) is 13.5. The minimum absolute atomic E-state index is 0.104. The molecule has 6 heteroatoms. The number of aryl methyl sites for hydroxylation is 1. The molecule has 0 spiro atoms. The summed E-state index contributed by atoms with van der Waals surface area (Å²) in [6.07, 6.45) is 1.48. The Bertz CT molecular complexity index is 922. The number of amides is 1. The number of ether oxygens (including phenoxy) is 1. The second-order valence-electron chi connectivity index (χ2n) is 6.77. The first-order valence-corrected chi connectivity index (χ1v) is 9.19. The number of benzene rings is 2. The van der Waals surface area contributed by atoms with Crippen molar-refractivity contribution in [2.45, 2.75) is 33.4 Å². The molecule has 0 atom stereocenters. The van der Waals surface area contributed by atoms with E-state index in [0.717, 1.165) is 11.3 Å². The molecule has 1 amide bonds. The molecule has 0 aliphatic carbocycles. The lowest BCUT2D eigenvalue weighted by molar-refractivity contribution is 0.102. The van der Waals surface area contributed by atoms with E-state index < -0.39 is 0 Å². The number of carbonyl (C=O) groups excluding carboxylic acids is 1. The zero-order valence-corrected chi connectivity index (χ0v) is 16.3. The van der Waals surface area contributed by atoms with Crippen LogP contribution in [-0.2, 0) is 6.54 Å². The van der Waals surface area contributed by atoms with E-state index in [1.165, 1.54) is 11.9 Å². The largest absolute Gasteiger partial charge is 0.491 e. The van der Waals surface area contributed by atoms with Crippen LogP contribution in [-0.4, -0.2) is 22.0 Å². The van der Waals surface area contributed by atoms with Crippen LogP contribution in [0.5, 0.6) is 5.75 Å². The maximum absolute atomic E-state index is 12.5. The van der Waals surface area contributed by atoms with Crippen molar-refractivity contribution in [3.8, 4) is 5.75 Å². The number of anilines is 2. The lowest BCUT2D eigenvalue weighted by atomic mass is 10.1. The molecule has 144 valence electrons. The van der Waals surface area contributed by atoms with Gasteiger partial charge in [0.15, 0.2) is 0 Å². The first-order valence-electron chi connectivity index (χ1n) is 9.19. The standard InChI is InChI=1S/C22H24N4O2/c1-15(2)28-19-10-8-18(9-11-19)26-22(27)20-12-21(25-14-24-20)23-13-17-6-4-16(3)5-7-17/h4-12,14-15H,13H2,1-3H3,(H,26,27)(H,23,24,25). The molecule has 2 N–H and O–H groups in total. The van der Waals surface area contributed by atoms with Crippen LogP contribution in [0.3, 0.4) is 0 Å². The Morgan fingerprint density at radius 1 is 1.04 bits per heavy atom. The SMILES string of the molecule is Cc1ccc(CNc2cc(C(=O)Nc3ccc(OC(C)C)cc3)ncn2)cc1. The first kappa shape index (κ1) is 19.4. The maximum atomic E-state index is 12.5. The van der Waals surface area contributed by atoms with Crippen LogP contribution in [0, 0.1) is 6.92 Å². The average Bonchev–Trinajstić information content (AvgIpc) is 2.69. The monoisotopic (exact) mass is 376 g/mol. The van der Waals surface area contributed by atoms with Crippen molar-refractivity contribution in [3.05, 3.63) is 77.7 Å². The van der Waals surface area contributed by atoms with Gasteiger partial charge in [0, 0.05) is 18.3 Å². The Kier molecular flexibility index (Phi) is 6.22. The molecule has 0 saturated heterocycles. The van der Waals surface area contributed by atoms with Crippen molar-refractivity contribution in [1.29, 1.82) is 0 Å². The highest BCUT2D eigenvalue weighted by Gasteiger charge is 2.10. The Balaban J connectivity index is 1.60. The van der Waals surface area contributed by atoms with Crippen LogP contribution in [0.25, 0.3) is 0 Å². The third-order valence-corrected chi connectivity index (χ3v) is 3.98. The summed E-state index contributed by atoms with van der Waals surface area (Å²) in [6.45, 7) is 6.61. The molecule has 0 radical (unpaired) electrons. The lowest BCUT2D eigenvalue weighted by Gasteiger charge is -2.11. The van der Waals surface area contributed by atoms with Gasteiger partial charge in [-0.05, 0) is 50.6 Å². The quantitative estimate of drug-likeness (QED) is 0.638. The molecule has 2 aromatic carbocycles. The molecule has 0 unspecified atom stereocenters. The van der Waals surface area contributed by atoms with Crippen molar-refractivity contribution >= 4 is 17.4 Å². The van der Waals surface area contributed by atoms with Crippen molar-refractivity contribution < 1.29 is 9.53 Å². The van der Waals surface area contributed by atoms with Gasteiger partial charge in [0.05, 0.1) is 6.10 Å². The van der Waals surface area contributed by atoms with Gasteiger partial charge in [-0.1, -0.05) is 29.8 Å². The Morgan fingerprint density at radius 3 is 2.43 bits per heavy atom. The zero-order chi connectivity index (χ0) is 19.9. The van der Waals surface area contributed by atoms with Gasteiger partial charge in [-0.25, -0.2) is 9.97 Å². The number of nitrogens with one attached hydrogen (secondary N) is 2. The second-order valence-corrected chi connectivity index (χ2v) is 6.77. The molecular formula is C22H24N4O2. The number of hydrogen-bond acceptors (Lipinski definition) is 5. The van der Waals surface area contributed by atoms with Gasteiger partial charge in [0.1, 0.15) is 23.6 Å². The second kappa shape index (κ2) is 8.99. The number of nitrogens with zero attached hydrogens (tertiary/aromatic N) is 2. The Labute approximate surface area is 165 Å². The summed E-state index contributed by atoms with van der Waals surface area (Å²) in [6, 6.07) is 17.1. The van der Waals surface area contributed by atoms with Crippen LogP contribution < -0.4 is 15.4 Å². The van der Waals surface area contributed by atoms with Gasteiger partial charge >= 0.3 is 0 Å². The highest BCUT2D eigenvalue weighted by Crippen LogP contribution is 2.18. The van der Waals surface area contributed by atoms with E-state index in [1.54, 1.807) is 18.2 Å². The number of carbonyl (C=O) groups is 1. The van der Waals surface area contributed by atoms with Gasteiger partial charge in [-0.3, -0.25) is 4.79 Å². The predicted molar refractivity (Wildman–Crippen MR) is 111 cm³/mol. The van der Waals surface area contributed by atoms with Gasteiger partial charge < -0.3 is 15.4 Å². The Hall–Kier alpha value is -3.41. The number of rotatable bonds is 7. The summed E-state index contributed by atoms with van der Waals surface area (Å²) in [5.74, 6) is 1.07. The molecule has 1 aromatic heterocycles. The number of aromatic nitrogens is 2. The van der Waals surface area contributed by atoms with Crippen molar-refractivity contribution in [1.82, 2.24) is 9.97 Å². The molecular weight excluding hydrogens is 352 g/mol. The van der Waals surface area contributed by atoms with E-state index in [-0.39, 0.29) is 12.0 Å². The van der Waals surface area contributed by atoms with Gasteiger partial charge in [-0.2, -0.15) is 0 Å². The minimum atomic E-state index is -0.293. The highest BCUT2D eigenvalue weighted by atomic mass is 16.5. The highest BCUT2D eigenvalue weighted by molar-refractivity contribution is 6.03. The van der Waals surface area contributed by atoms with E-state index in [2.05, 4.69) is 51.8 Å². The molecule has 0 aliphatic heterocycles. The maximum Gasteiger partial charge on any atom is 0.274 e. The number of hydrogen-bond donors (Lipinski definition) is 2. The van der Waals surface area contributed by atoms with Crippen LogP contribution in [0.4, 0.5) is 11.5 Å². The third kappa shape index (κ3) is 5.54. The summed E-state index contributed by atoms with van der Waals surface area (Å²) in [4.78, 5) is 20.7. The van der Waals surface area contributed by atoms with Crippen LogP contribution >= 0.6 is 0 Å². The molecule has 6 nitrogen and oxygen atoms in total. The van der Waals surface area contributed by atoms with E-state index in [1.807, 2.05) is 26.0 Å². The van der Waals surface area contributed by atoms with Crippen LogP contribution in [0.2, 0.25) is 0 Å². The van der Waals surface area contributed by atoms with Gasteiger partial charge in [0.25, 0.3) is 5.91 Å². The molecule has 3 aromatic rings. The molecule has 0 bridgehead atoms. The Morgan fingerprint density at radius 2 is 1.75 bits per heavy atom. The minimum Gasteiger partial charge on any atom is -0.491 e. The van der Waals surface area contributed by atoms with E-state index in [4.69, 9.17) is 4.74 Å². The summed E-state index contributed by atoms with van der Waals surface area (Å²) < 4.78 is 5.60. The lowest BCUT2D eigenvalue weighted by Crippen LogP contribution is -2.14. The van der Waals surface area contributed by atoms with Crippen molar-refractivity contribution in [2.75, 3.05) is 10.6 Å². The van der Waals surface area contributed by atoms with Gasteiger partial charge in [0.2, 0.25) is 0 Å². The topological polar surface area (TPSA) is 76.1 Å². The van der Waals surface area contributed by atoms with Crippen LogP contribution in [0.15, 0.2) is 60.9 Å². The zero-order valence-electron chi connectivity index (χ0n) is 16.3. The fourth-order valence-electron chi connectivity index (χ4n) is 2.56. The van der Waals surface area contributed by atoms with E-state index >= 15 is 0 Å². The predicted octanol–water partition coefficient (Wildman–Crippen LogP) is 4.44. The molecule has 1 heterocycles. The summed E-state index contributed by atoms with van der Waals surface area (Å²) in [7, 11) is 0. The normalized spacial score (nSPS) is 10.6. The molecule has 0 aliphatic rings. The third-order valence-electron chi connectivity index (χ3n) is 3.98. The average molecular weight is 376 g/mol. The van der Waals surface area contributed by atoms with Crippen molar-refractivity contribution in [2.24, 2.45) is 0 Å². The molecule has 0 saturated carbocycles. The smallest absolute Gasteiger partial charge is 0.274 e. The summed E-state index contributed by atoms with van der Waals surface area (Å²) in [5, 5.41) is 6.05. The summed E-state index contributed by atoms with van der Waals surface area (Å²) >= 11 is 0. The van der Waals surface area contributed by atoms with E-state index in [9.17, 15) is 4.79 Å². The van der Waals surface area contributed by atoms with Gasteiger partial charge in [-0.15, -0.1) is 0 Å². The summed E-state index contributed by atoms with van der Waals surface area (Å²) in [5.41, 5.74) is 3.32. The fourth-order valence-corrected chi connectivity index (χ4v) is 2.56. The molecule has 0 fully saturated rings. The van der Waals surface area contributed by atoms with E-state index in [0.29, 0.717) is 23.7 Å². The molecule has 28 heavy (non-hydrogen) atoms. The fraction of sp³-hybridized carbons (Fsp3) is 0.227. The van der Waals surface area contributed by atoms with Crippen LogP contribution in [0.1, 0.15) is 35.5 Å².